The number of sulfonamides is 1. The van der Waals surface area contributed by atoms with E-state index in [1.54, 1.807) is 24.5 Å². The highest BCUT2D eigenvalue weighted by Gasteiger charge is 2.36. The van der Waals surface area contributed by atoms with E-state index in [-0.39, 0.29) is 22.6 Å². The zero-order valence-corrected chi connectivity index (χ0v) is 16.0. The lowest BCUT2D eigenvalue weighted by Crippen LogP contribution is -2.49. The first-order valence-corrected chi connectivity index (χ1v) is 10.1. The number of Topliss-reactive ketones (excluding diaryl/α,β-unsaturated/α-hetero) is 1. The van der Waals surface area contributed by atoms with Gasteiger partial charge in [-0.1, -0.05) is 26.0 Å². The van der Waals surface area contributed by atoms with Gasteiger partial charge in [-0.25, -0.2) is 13.4 Å². The van der Waals surface area contributed by atoms with Crippen molar-refractivity contribution in [2.45, 2.75) is 24.8 Å². The second-order valence-electron chi connectivity index (χ2n) is 6.78. The first-order valence-electron chi connectivity index (χ1n) is 8.66. The van der Waals surface area contributed by atoms with Gasteiger partial charge in [-0.05, 0) is 12.1 Å². The minimum Gasteiger partial charge on any atom is -0.337 e. The standard InChI is InChI=1S/C18H24N4O3S/c1-13(2)17(23)14-4-6-15(7-5-14)26(24,25)22-11-8-19-12-16(22)18-20-9-10-21(18)3/h4-7,9-10,13,16,19H,8,11-12H2,1-3H3. The molecule has 1 atom stereocenters. The molecule has 1 aromatic carbocycles. The van der Waals surface area contributed by atoms with E-state index in [0.717, 1.165) is 0 Å². The highest BCUT2D eigenvalue weighted by atomic mass is 32.2. The van der Waals surface area contributed by atoms with E-state index >= 15 is 0 Å². The molecular weight excluding hydrogens is 352 g/mol. The molecule has 1 aromatic heterocycles. The Hall–Kier alpha value is -2.03. The van der Waals surface area contributed by atoms with Gasteiger partial charge in [0.2, 0.25) is 10.0 Å². The Bertz CT molecular complexity index is 887. The van der Waals surface area contributed by atoms with E-state index < -0.39 is 10.0 Å². The molecule has 2 aromatic rings. The maximum absolute atomic E-state index is 13.2. The van der Waals surface area contributed by atoms with Crippen LogP contribution in [0.1, 0.15) is 36.1 Å². The number of hydrogen-bond donors (Lipinski definition) is 1. The number of ketones is 1. The molecule has 8 heteroatoms. The summed E-state index contributed by atoms with van der Waals surface area (Å²) in [4.78, 5) is 16.6. The first kappa shape index (κ1) is 18.8. The van der Waals surface area contributed by atoms with Gasteiger partial charge < -0.3 is 9.88 Å². The summed E-state index contributed by atoms with van der Waals surface area (Å²) >= 11 is 0. The Balaban J connectivity index is 1.93. The van der Waals surface area contributed by atoms with Crippen LogP contribution in [0.2, 0.25) is 0 Å². The summed E-state index contributed by atoms with van der Waals surface area (Å²) in [5, 5.41) is 3.24. The number of aryl methyl sites for hydroxylation is 1. The molecule has 0 amide bonds. The van der Waals surface area contributed by atoms with E-state index in [4.69, 9.17) is 0 Å². The Kier molecular flexibility index (Phi) is 5.27. The molecule has 140 valence electrons. The van der Waals surface area contributed by atoms with E-state index in [9.17, 15) is 13.2 Å². The molecule has 1 unspecified atom stereocenters. The fourth-order valence-electron chi connectivity index (χ4n) is 3.15. The zero-order chi connectivity index (χ0) is 18.9. The predicted molar refractivity (Wildman–Crippen MR) is 98.3 cm³/mol. The molecule has 1 N–H and O–H groups in total. The van der Waals surface area contributed by atoms with Gasteiger partial charge in [0, 0.05) is 50.6 Å². The van der Waals surface area contributed by atoms with Crippen LogP contribution in [-0.4, -0.2) is 47.7 Å². The maximum Gasteiger partial charge on any atom is 0.243 e. The number of carbonyl (C=O) groups excluding carboxylic acids is 1. The molecule has 1 fully saturated rings. The SMILES string of the molecule is CC(C)C(=O)c1ccc(S(=O)(=O)N2CCNCC2c2nccn2C)cc1. The number of nitrogens with one attached hydrogen (secondary N) is 1. The molecule has 0 saturated carbocycles. The van der Waals surface area contributed by atoms with E-state index in [1.165, 1.54) is 16.4 Å². The smallest absolute Gasteiger partial charge is 0.243 e. The van der Waals surface area contributed by atoms with E-state index in [2.05, 4.69) is 10.3 Å². The predicted octanol–water partition coefficient (Wildman–Crippen LogP) is 1.59. The number of piperazine rings is 1. The largest absolute Gasteiger partial charge is 0.337 e. The lowest BCUT2D eigenvalue weighted by molar-refractivity contribution is 0.0939. The average molecular weight is 376 g/mol. The summed E-state index contributed by atoms with van der Waals surface area (Å²) in [6.45, 7) is 5.11. The van der Waals surface area contributed by atoms with Crippen molar-refractivity contribution in [2.75, 3.05) is 19.6 Å². The summed E-state index contributed by atoms with van der Waals surface area (Å²) in [6.07, 6.45) is 3.47. The molecule has 3 rings (SSSR count). The summed E-state index contributed by atoms with van der Waals surface area (Å²) in [6, 6.07) is 5.84. The Morgan fingerprint density at radius 3 is 2.54 bits per heavy atom. The minimum absolute atomic E-state index is 0.00186. The van der Waals surface area contributed by atoms with Gasteiger partial charge in [0.15, 0.2) is 5.78 Å². The number of benzene rings is 1. The fourth-order valence-corrected chi connectivity index (χ4v) is 4.74. The van der Waals surface area contributed by atoms with Crippen molar-refractivity contribution < 1.29 is 13.2 Å². The van der Waals surface area contributed by atoms with Gasteiger partial charge in [-0.2, -0.15) is 4.31 Å². The van der Waals surface area contributed by atoms with Crippen molar-refractivity contribution in [1.82, 2.24) is 19.2 Å². The summed E-state index contributed by atoms with van der Waals surface area (Å²) in [5.74, 6) is 0.577. The topological polar surface area (TPSA) is 84.3 Å². The molecule has 2 heterocycles. The number of aromatic nitrogens is 2. The Morgan fingerprint density at radius 1 is 1.27 bits per heavy atom. The molecule has 26 heavy (non-hydrogen) atoms. The molecular formula is C18H24N4O3S. The maximum atomic E-state index is 13.2. The molecule has 0 spiro atoms. The number of carbonyl (C=O) groups is 1. The van der Waals surface area contributed by atoms with E-state index in [1.807, 2.05) is 25.5 Å². The highest BCUT2D eigenvalue weighted by molar-refractivity contribution is 7.89. The fraction of sp³-hybridized carbons (Fsp3) is 0.444. The average Bonchev–Trinajstić information content (AvgIpc) is 3.07. The van der Waals surface area contributed by atoms with Gasteiger partial charge in [0.25, 0.3) is 0 Å². The second kappa shape index (κ2) is 7.30. The summed E-state index contributed by atoms with van der Waals surface area (Å²) in [7, 11) is -1.83. The van der Waals surface area contributed by atoms with Crippen molar-refractivity contribution >= 4 is 15.8 Å². The normalized spacial score (nSPS) is 19.0. The molecule has 1 aliphatic heterocycles. The van der Waals surface area contributed by atoms with Gasteiger partial charge in [-0.3, -0.25) is 4.79 Å². The third-order valence-electron chi connectivity index (χ3n) is 4.62. The van der Waals surface area contributed by atoms with Crippen molar-refractivity contribution in [2.24, 2.45) is 13.0 Å². The lowest BCUT2D eigenvalue weighted by atomic mass is 10.0. The van der Waals surface area contributed by atoms with Crippen LogP contribution in [0.25, 0.3) is 0 Å². The van der Waals surface area contributed by atoms with Gasteiger partial charge >= 0.3 is 0 Å². The van der Waals surface area contributed by atoms with Crippen LogP contribution in [0.15, 0.2) is 41.6 Å². The summed E-state index contributed by atoms with van der Waals surface area (Å²) < 4.78 is 29.7. The monoisotopic (exact) mass is 376 g/mol. The molecule has 1 saturated heterocycles. The number of imidazole rings is 1. The van der Waals surface area contributed by atoms with Crippen LogP contribution in [0.3, 0.4) is 0 Å². The minimum atomic E-state index is -3.69. The third-order valence-corrected chi connectivity index (χ3v) is 6.54. The Morgan fingerprint density at radius 2 is 1.96 bits per heavy atom. The van der Waals surface area contributed by atoms with Crippen LogP contribution in [0, 0.1) is 5.92 Å². The Labute approximate surface area is 154 Å². The molecule has 0 radical (unpaired) electrons. The molecule has 7 nitrogen and oxygen atoms in total. The summed E-state index contributed by atoms with van der Waals surface area (Å²) in [5.41, 5.74) is 0.528. The first-order chi connectivity index (χ1) is 12.3. The van der Waals surface area contributed by atoms with Crippen molar-refractivity contribution in [3.63, 3.8) is 0 Å². The van der Waals surface area contributed by atoms with Gasteiger partial charge in [0.1, 0.15) is 5.82 Å². The molecule has 0 aliphatic carbocycles. The number of hydrogen-bond acceptors (Lipinski definition) is 5. The van der Waals surface area contributed by atoms with E-state index in [0.29, 0.717) is 31.0 Å². The third kappa shape index (κ3) is 3.44. The lowest BCUT2D eigenvalue weighted by Gasteiger charge is -2.34. The van der Waals surface area contributed by atoms with Crippen LogP contribution in [0.4, 0.5) is 0 Å². The quantitative estimate of drug-likeness (QED) is 0.801. The van der Waals surface area contributed by atoms with Crippen LogP contribution in [0.5, 0.6) is 0 Å². The number of rotatable bonds is 5. The van der Waals surface area contributed by atoms with Crippen LogP contribution >= 0.6 is 0 Å². The van der Waals surface area contributed by atoms with Crippen LogP contribution in [-0.2, 0) is 17.1 Å². The van der Waals surface area contributed by atoms with Crippen molar-refractivity contribution in [3.05, 3.63) is 48.0 Å². The molecule has 0 bridgehead atoms. The highest BCUT2D eigenvalue weighted by Crippen LogP contribution is 2.28. The van der Waals surface area contributed by atoms with Gasteiger partial charge in [0.05, 0.1) is 10.9 Å². The second-order valence-corrected chi connectivity index (χ2v) is 8.67. The van der Waals surface area contributed by atoms with Gasteiger partial charge in [-0.15, -0.1) is 0 Å². The zero-order valence-electron chi connectivity index (χ0n) is 15.2. The molecule has 1 aliphatic rings. The van der Waals surface area contributed by atoms with Crippen LogP contribution < -0.4 is 5.32 Å². The van der Waals surface area contributed by atoms with Crippen molar-refractivity contribution in [1.29, 1.82) is 0 Å². The van der Waals surface area contributed by atoms with Crippen molar-refractivity contribution in [3.8, 4) is 0 Å². The number of nitrogens with zero attached hydrogens (tertiary/aromatic N) is 3.